The molecule has 1 aliphatic rings. The molecule has 5 nitrogen and oxygen atoms in total. The number of hydrogen-bond donors (Lipinski definition) is 1. The average molecular weight is 183 g/mol. The van der Waals surface area contributed by atoms with Gasteiger partial charge in [0, 0.05) is 7.11 Å². The highest BCUT2D eigenvalue weighted by atomic mass is 16.5. The second-order valence-electron chi connectivity index (χ2n) is 2.66. The third kappa shape index (κ3) is 1.65. The summed E-state index contributed by atoms with van der Waals surface area (Å²) in [5, 5.41) is 0. The Morgan fingerprint density at radius 3 is 2.62 bits per heavy atom. The van der Waals surface area contributed by atoms with Crippen LogP contribution in [0.1, 0.15) is 0 Å². The number of methoxy groups -OCH3 is 1. The van der Waals surface area contributed by atoms with Crippen molar-refractivity contribution < 1.29 is 19.1 Å². The largest absolute Gasteiger partial charge is 0.369 e. The van der Waals surface area contributed by atoms with Crippen molar-refractivity contribution in [2.24, 2.45) is 11.7 Å². The zero-order valence-corrected chi connectivity index (χ0v) is 7.02. The first-order valence-electron chi connectivity index (χ1n) is 3.66. The fraction of sp³-hybridized carbons (Fsp3) is 0.375. The predicted molar refractivity (Wildman–Crippen MR) is 42.6 cm³/mol. The highest BCUT2D eigenvalue weighted by Crippen LogP contribution is 2.13. The minimum absolute atomic E-state index is 0.454. The first-order chi connectivity index (χ1) is 6.07. The quantitative estimate of drug-likeness (QED) is 0.545. The van der Waals surface area contributed by atoms with Crippen molar-refractivity contribution in [3.63, 3.8) is 0 Å². The summed E-state index contributed by atoms with van der Waals surface area (Å²) in [7, 11) is 1.23. The Balaban J connectivity index is 2.96. The molecule has 0 heterocycles. The predicted octanol–water partition coefficient (Wildman–Crippen LogP) is -1.19. The zero-order valence-electron chi connectivity index (χ0n) is 7.02. The zero-order chi connectivity index (χ0) is 10.0. The lowest BCUT2D eigenvalue weighted by Gasteiger charge is -2.18. The standard InChI is InChI=1S/C8H9NO4/c1-13-7-5(10)3-2-4(6(7)11)8(9)12/h2-4,7H,1H3,(H2,9,12). The van der Waals surface area contributed by atoms with E-state index in [0.717, 1.165) is 6.08 Å². The minimum atomic E-state index is -1.18. The summed E-state index contributed by atoms with van der Waals surface area (Å²) in [4.78, 5) is 33.0. The van der Waals surface area contributed by atoms with E-state index in [2.05, 4.69) is 4.74 Å². The van der Waals surface area contributed by atoms with Crippen LogP contribution < -0.4 is 5.73 Å². The number of carbonyl (C=O) groups is 3. The van der Waals surface area contributed by atoms with Crippen LogP contribution in [0.5, 0.6) is 0 Å². The van der Waals surface area contributed by atoms with Crippen LogP contribution in [0, 0.1) is 5.92 Å². The van der Waals surface area contributed by atoms with Gasteiger partial charge in [-0.1, -0.05) is 6.08 Å². The highest BCUT2D eigenvalue weighted by Gasteiger charge is 2.36. The van der Waals surface area contributed by atoms with Crippen molar-refractivity contribution in [2.45, 2.75) is 6.10 Å². The topological polar surface area (TPSA) is 86.5 Å². The Morgan fingerprint density at radius 2 is 2.15 bits per heavy atom. The summed E-state index contributed by atoms with van der Waals surface area (Å²) >= 11 is 0. The Bertz CT molecular complexity index is 295. The molecule has 1 rings (SSSR count). The molecule has 0 fully saturated rings. The third-order valence-corrected chi connectivity index (χ3v) is 1.82. The number of hydrogen-bond acceptors (Lipinski definition) is 4. The van der Waals surface area contributed by atoms with Crippen molar-refractivity contribution in [3.05, 3.63) is 12.2 Å². The molecule has 0 radical (unpaired) electrons. The van der Waals surface area contributed by atoms with Gasteiger partial charge in [0.15, 0.2) is 17.7 Å². The van der Waals surface area contributed by atoms with E-state index in [1.807, 2.05) is 0 Å². The van der Waals surface area contributed by atoms with E-state index in [-0.39, 0.29) is 0 Å². The molecule has 1 aliphatic carbocycles. The smallest absolute Gasteiger partial charge is 0.232 e. The fourth-order valence-electron chi connectivity index (χ4n) is 1.14. The van der Waals surface area contributed by atoms with E-state index in [1.54, 1.807) is 0 Å². The van der Waals surface area contributed by atoms with Gasteiger partial charge in [-0.25, -0.2) is 0 Å². The number of rotatable bonds is 2. The summed E-state index contributed by atoms with van der Waals surface area (Å²) in [5.41, 5.74) is 4.94. The summed E-state index contributed by atoms with van der Waals surface area (Å²) in [5.74, 6) is -2.86. The second-order valence-corrected chi connectivity index (χ2v) is 2.66. The maximum absolute atomic E-state index is 11.3. The molecule has 0 aromatic carbocycles. The van der Waals surface area contributed by atoms with Crippen LogP contribution in [0.3, 0.4) is 0 Å². The molecule has 0 saturated carbocycles. The molecule has 1 amide bonds. The van der Waals surface area contributed by atoms with Crippen LogP contribution in [-0.4, -0.2) is 30.7 Å². The Kier molecular flexibility index (Phi) is 2.57. The molecular weight excluding hydrogens is 174 g/mol. The number of amides is 1. The van der Waals surface area contributed by atoms with Crippen LogP contribution >= 0.6 is 0 Å². The van der Waals surface area contributed by atoms with Crippen molar-refractivity contribution >= 4 is 17.5 Å². The van der Waals surface area contributed by atoms with Gasteiger partial charge >= 0.3 is 0 Å². The maximum Gasteiger partial charge on any atom is 0.232 e. The average Bonchev–Trinajstić information content (AvgIpc) is 2.04. The molecule has 2 N–H and O–H groups in total. The molecule has 13 heavy (non-hydrogen) atoms. The van der Waals surface area contributed by atoms with Gasteiger partial charge < -0.3 is 10.5 Å². The summed E-state index contributed by atoms with van der Waals surface area (Å²) in [6.45, 7) is 0. The molecular formula is C8H9NO4. The van der Waals surface area contributed by atoms with Gasteiger partial charge in [-0.15, -0.1) is 0 Å². The van der Waals surface area contributed by atoms with E-state index in [0.29, 0.717) is 0 Å². The van der Waals surface area contributed by atoms with Gasteiger partial charge in [-0.3, -0.25) is 14.4 Å². The molecule has 2 unspecified atom stereocenters. The summed E-state index contributed by atoms with van der Waals surface area (Å²) in [6.07, 6.45) is 1.16. The van der Waals surface area contributed by atoms with Crippen LogP contribution in [0.25, 0.3) is 0 Å². The number of ether oxygens (including phenoxy) is 1. The van der Waals surface area contributed by atoms with Gasteiger partial charge in [0.1, 0.15) is 5.92 Å². The molecule has 2 atom stereocenters. The van der Waals surface area contributed by atoms with Crippen LogP contribution in [0.2, 0.25) is 0 Å². The van der Waals surface area contributed by atoms with E-state index < -0.39 is 29.5 Å². The second kappa shape index (κ2) is 3.49. The normalized spacial score (nSPS) is 27.8. The van der Waals surface area contributed by atoms with E-state index in [1.165, 1.54) is 13.2 Å². The molecule has 0 saturated heterocycles. The lowest BCUT2D eigenvalue weighted by molar-refractivity contribution is -0.143. The molecule has 0 aliphatic heterocycles. The molecule has 5 heteroatoms. The molecule has 0 aromatic rings. The van der Waals surface area contributed by atoms with Crippen molar-refractivity contribution in [1.82, 2.24) is 0 Å². The molecule has 0 aromatic heterocycles. The molecule has 0 spiro atoms. The minimum Gasteiger partial charge on any atom is -0.369 e. The van der Waals surface area contributed by atoms with E-state index >= 15 is 0 Å². The van der Waals surface area contributed by atoms with E-state index in [4.69, 9.17) is 5.73 Å². The molecule has 70 valence electrons. The lowest BCUT2D eigenvalue weighted by atomic mass is 9.91. The SMILES string of the molecule is COC1C(=O)C=CC(C(N)=O)C1=O. The summed E-state index contributed by atoms with van der Waals surface area (Å²) < 4.78 is 4.64. The van der Waals surface area contributed by atoms with E-state index in [9.17, 15) is 14.4 Å². The Morgan fingerprint density at radius 1 is 1.54 bits per heavy atom. The number of ketones is 2. The van der Waals surface area contributed by atoms with Crippen LogP contribution in [-0.2, 0) is 19.1 Å². The first kappa shape index (κ1) is 9.60. The van der Waals surface area contributed by atoms with Gasteiger partial charge in [0.05, 0.1) is 0 Å². The fourth-order valence-corrected chi connectivity index (χ4v) is 1.14. The monoisotopic (exact) mass is 183 g/mol. The number of carbonyl (C=O) groups excluding carboxylic acids is 3. The number of Topliss-reactive ketones (excluding diaryl/α,β-unsaturated/α-hetero) is 1. The lowest BCUT2D eigenvalue weighted by Crippen LogP contribution is -2.43. The summed E-state index contributed by atoms with van der Waals surface area (Å²) in [6, 6.07) is 0. The van der Waals surface area contributed by atoms with Crippen molar-refractivity contribution in [2.75, 3.05) is 7.11 Å². The number of nitrogens with two attached hydrogens (primary N) is 1. The van der Waals surface area contributed by atoms with Gasteiger partial charge in [0.25, 0.3) is 0 Å². The van der Waals surface area contributed by atoms with Crippen molar-refractivity contribution in [1.29, 1.82) is 0 Å². The van der Waals surface area contributed by atoms with Gasteiger partial charge in [-0.05, 0) is 6.08 Å². The maximum atomic E-state index is 11.3. The third-order valence-electron chi connectivity index (χ3n) is 1.82. The molecule has 0 bridgehead atoms. The number of primary amides is 1. The Hall–Kier alpha value is -1.49. The Labute approximate surface area is 74.5 Å². The van der Waals surface area contributed by atoms with Gasteiger partial charge in [-0.2, -0.15) is 0 Å². The van der Waals surface area contributed by atoms with Crippen molar-refractivity contribution in [3.8, 4) is 0 Å². The first-order valence-corrected chi connectivity index (χ1v) is 3.66. The van der Waals surface area contributed by atoms with Crippen LogP contribution in [0.15, 0.2) is 12.2 Å². The highest BCUT2D eigenvalue weighted by molar-refractivity contribution is 6.19. The van der Waals surface area contributed by atoms with Crippen LogP contribution in [0.4, 0.5) is 0 Å². The van der Waals surface area contributed by atoms with Gasteiger partial charge in [0.2, 0.25) is 5.91 Å².